The number of nitrogens with zero attached hydrogens (tertiary/aromatic N) is 1. The summed E-state index contributed by atoms with van der Waals surface area (Å²) in [4.78, 5) is 26.8. The van der Waals surface area contributed by atoms with Gasteiger partial charge in [-0.3, -0.25) is 9.69 Å². The van der Waals surface area contributed by atoms with Crippen LogP contribution in [0.15, 0.2) is 91.0 Å². The number of aryl methyl sites for hydroxylation is 1. The zero-order valence-electron chi connectivity index (χ0n) is 26.1. The number of nitrogens with one attached hydrogen (secondary N) is 3. The minimum absolute atomic E-state index is 0.250. The molecule has 0 saturated carbocycles. The van der Waals surface area contributed by atoms with E-state index in [1.54, 1.807) is 0 Å². The van der Waals surface area contributed by atoms with Gasteiger partial charge in [-0.15, -0.1) is 0 Å². The van der Waals surface area contributed by atoms with Crippen LogP contribution in [-0.4, -0.2) is 65.8 Å². The van der Waals surface area contributed by atoms with Crippen LogP contribution < -0.4 is 21.7 Å². The Hall–Kier alpha value is -4.27. The summed E-state index contributed by atoms with van der Waals surface area (Å²) >= 11 is 0. The van der Waals surface area contributed by atoms with Crippen LogP contribution in [0.25, 0.3) is 6.08 Å². The molecule has 0 aliphatic carbocycles. The van der Waals surface area contributed by atoms with Crippen molar-refractivity contribution >= 4 is 37.4 Å². The lowest BCUT2D eigenvalue weighted by molar-refractivity contribution is -0.107. The van der Waals surface area contributed by atoms with Gasteiger partial charge in [-0.25, -0.2) is 0 Å². The third-order valence-corrected chi connectivity index (χ3v) is 4.58. The number of primary amides is 1. The molecule has 0 aliphatic heterocycles. The zero-order valence-corrected chi connectivity index (χ0v) is 26.1. The highest BCUT2D eigenvalue weighted by Crippen LogP contribution is 2.07. The molecule has 0 spiro atoms. The first-order valence-corrected chi connectivity index (χ1v) is 13.3. The Morgan fingerprint density at radius 1 is 0.829 bits per heavy atom. The molecule has 8 nitrogen and oxygen atoms in total. The van der Waals surface area contributed by atoms with Crippen LogP contribution in [0.5, 0.6) is 0 Å². The third kappa shape index (κ3) is 31.8. The van der Waals surface area contributed by atoms with E-state index in [4.69, 9.17) is 14.4 Å². The lowest BCUT2D eigenvalue weighted by Crippen LogP contribution is -2.27. The summed E-state index contributed by atoms with van der Waals surface area (Å²) < 4.78 is 0. The van der Waals surface area contributed by atoms with Crippen molar-refractivity contribution in [1.82, 2.24) is 10.2 Å². The number of amides is 1. The number of hydrogen-bond acceptors (Lipinski definition) is 7. The molecule has 0 fully saturated rings. The van der Waals surface area contributed by atoms with Crippen LogP contribution in [0.4, 0.5) is 11.4 Å². The molecule has 3 aromatic carbocycles. The highest BCUT2D eigenvalue weighted by Gasteiger charge is 1.88. The van der Waals surface area contributed by atoms with E-state index in [0.717, 1.165) is 31.1 Å². The second-order valence-corrected chi connectivity index (χ2v) is 7.50. The van der Waals surface area contributed by atoms with Gasteiger partial charge in [0.15, 0.2) is 0 Å². The molecule has 0 atom stereocenters. The van der Waals surface area contributed by atoms with Gasteiger partial charge < -0.3 is 31.3 Å². The molecule has 0 radical (unpaired) electrons. The second-order valence-electron chi connectivity index (χ2n) is 7.50. The molecule has 0 unspecified atom stereocenters. The molecule has 3 rings (SSSR count). The first-order chi connectivity index (χ1) is 20.0. The van der Waals surface area contributed by atoms with Crippen molar-refractivity contribution in [1.29, 1.82) is 0 Å². The van der Waals surface area contributed by atoms with E-state index in [1.807, 2.05) is 90.1 Å². The Morgan fingerprint density at radius 3 is 1.68 bits per heavy atom. The van der Waals surface area contributed by atoms with Crippen LogP contribution in [0.1, 0.15) is 31.9 Å². The van der Waals surface area contributed by atoms with Crippen LogP contribution >= 0.6 is 0 Å². The maximum Gasteiger partial charge on any atom is 0.204 e. The van der Waals surface area contributed by atoms with Gasteiger partial charge in [-0.05, 0) is 57.4 Å². The average molecular weight is 568 g/mol. The van der Waals surface area contributed by atoms with Gasteiger partial charge in [0.2, 0.25) is 6.41 Å². The zero-order chi connectivity index (χ0) is 32.2. The van der Waals surface area contributed by atoms with Crippen molar-refractivity contribution in [2.45, 2.75) is 27.7 Å². The minimum Gasteiger partial charge on any atom is -0.388 e. The number of hydrogen-bond donors (Lipinski definition) is 4. The molecular weight excluding hydrogens is 514 g/mol. The van der Waals surface area contributed by atoms with Gasteiger partial charge in [-0.2, -0.15) is 0 Å². The lowest BCUT2D eigenvalue weighted by atomic mass is 10.1. The van der Waals surface area contributed by atoms with Crippen LogP contribution in [0.3, 0.4) is 0 Å². The SMILES string of the molecule is C=O.C=O.CC.CCN(C)CNC.CNc1ccccc1.Cc1cccc(/C=C/CNc2ccccc2)c1.NC=O. The van der Waals surface area contributed by atoms with Gasteiger partial charge >= 0.3 is 0 Å². The summed E-state index contributed by atoms with van der Waals surface area (Å²) in [5, 5.41) is 9.41. The third-order valence-electron chi connectivity index (χ3n) is 4.58. The van der Waals surface area contributed by atoms with Crippen molar-refractivity contribution in [2.75, 3.05) is 51.5 Å². The van der Waals surface area contributed by atoms with Crippen molar-refractivity contribution in [3.63, 3.8) is 0 Å². The molecule has 0 aliphatic rings. The van der Waals surface area contributed by atoms with Crippen molar-refractivity contribution in [3.8, 4) is 0 Å². The molecule has 228 valence electrons. The predicted molar refractivity (Wildman–Crippen MR) is 179 cm³/mol. The predicted octanol–water partition coefficient (Wildman–Crippen LogP) is 5.72. The first-order valence-electron chi connectivity index (χ1n) is 13.3. The molecule has 5 N–H and O–H groups in total. The summed E-state index contributed by atoms with van der Waals surface area (Å²) in [6.07, 6.45) is 4.53. The van der Waals surface area contributed by atoms with Crippen molar-refractivity contribution < 1.29 is 14.4 Å². The highest BCUT2D eigenvalue weighted by atomic mass is 16.1. The van der Waals surface area contributed by atoms with E-state index in [0.29, 0.717) is 0 Å². The Kier molecular flexibility index (Phi) is 40.4. The summed E-state index contributed by atoms with van der Waals surface area (Å²) in [6.45, 7) is 15.2. The van der Waals surface area contributed by atoms with E-state index in [2.05, 4.69) is 96.0 Å². The Morgan fingerprint density at radius 2 is 1.32 bits per heavy atom. The molecule has 0 bridgehead atoms. The van der Waals surface area contributed by atoms with Crippen LogP contribution in [0, 0.1) is 6.92 Å². The molecule has 41 heavy (non-hydrogen) atoms. The summed E-state index contributed by atoms with van der Waals surface area (Å²) in [5.74, 6) is 0. The Balaban J connectivity index is -0.000000240. The van der Waals surface area contributed by atoms with E-state index in [9.17, 15) is 0 Å². The number of benzene rings is 3. The minimum atomic E-state index is 0.250. The van der Waals surface area contributed by atoms with E-state index in [1.165, 1.54) is 11.1 Å². The highest BCUT2D eigenvalue weighted by molar-refractivity contribution is 5.52. The quantitative estimate of drug-likeness (QED) is 0.203. The fraction of sp³-hybridized carbons (Fsp3) is 0.303. The second kappa shape index (κ2) is 37.9. The summed E-state index contributed by atoms with van der Waals surface area (Å²) in [7, 11) is 5.94. The summed E-state index contributed by atoms with van der Waals surface area (Å²) in [6, 6.07) is 28.8. The number of carbonyl (C=O) groups is 3. The van der Waals surface area contributed by atoms with Gasteiger partial charge in [-0.1, -0.05) is 99.2 Å². The van der Waals surface area contributed by atoms with Crippen molar-refractivity contribution in [2.24, 2.45) is 5.73 Å². The Bertz CT molecular complexity index is 940. The lowest BCUT2D eigenvalue weighted by Gasteiger charge is -2.11. The average Bonchev–Trinajstić information content (AvgIpc) is 3.04. The number of para-hydroxylation sites is 2. The van der Waals surface area contributed by atoms with E-state index < -0.39 is 0 Å². The smallest absolute Gasteiger partial charge is 0.204 e. The van der Waals surface area contributed by atoms with Crippen molar-refractivity contribution in [3.05, 3.63) is 102 Å². The largest absolute Gasteiger partial charge is 0.388 e. The number of carbonyl (C=O) groups excluding carboxylic acids is 3. The van der Waals surface area contributed by atoms with Gasteiger partial charge in [0.1, 0.15) is 13.6 Å². The number of rotatable bonds is 8. The van der Waals surface area contributed by atoms with Gasteiger partial charge in [0.05, 0.1) is 0 Å². The van der Waals surface area contributed by atoms with Gasteiger partial charge in [0.25, 0.3) is 0 Å². The molecule has 0 heterocycles. The first kappa shape index (κ1) is 43.8. The molecule has 8 heteroatoms. The molecule has 1 amide bonds. The van der Waals surface area contributed by atoms with Crippen LogP contribution in [0.2, 0.25) is 0 Å². The molecule has 0 saturated heterocycles. The normalized spacial score (nSPS) is 8.49. The molecule has 3 aromatic rings. The monoisotopic (exact) mass is 567 g/mol. The fourth-order valence-electron chi connectivity index (χ4n) is 2.69. The standard InChI is InChI=1S/C16H17N.C7H9N.C5H14N2.C2H6.CH3NO.2CH2O/c1-14-7-5-8-15(13-14)9-6-12-17-16-10-3-2-4-11-16;1-8-7-5-3-2-4-6-7;1-4-7(3)5-6-2;1-2;2-1-3;2*1-2/h2-11,13,17H,12H2,1H3;2-6,8H,1H3;6H,4-5H2,1-3H3;1-2H3;1H,(H2,2,3);2*1H2/b9-6+;;;;;;. The van der Waals surface area contributed by atoms with Gasteiger partial charge in [0, 0.05) is 31.6 Å². The fourth-order valence-corrected chi connectivity index (χ4v) is 2.69. The molecule has 0 aromatic heterocycles. The maximum absolute atomic E-state index is 8.58. The summed E-state index contributed by atoms with van der Waals surface area (Å²) in [5.41, 5.74) is 9.02. The molecular formula is C33H53N5O3. The Labute approximate surface area is 249 Å². The number of anilines is 2. The van der Waals surface area contributed by atoms with E-state index >= 15 is 0 Å². The maximum atomic E-state index is 8.58. The van der Waals surface area contributed by atoms with Crippen LogP contribution in [-0.2, 0) is 14.4 Å². The topological polar surface area (TPSA) is 117 Å². The number of nitrogens with two attached hydrogens (primary N) is 1. The van der Waals surface area contributed by atoms with E-state index in [-0.39, 0.29) is 6.41 Å².